The summed E-state index contributed by atoms with van der Waals surface area (Å²) in [4.78, 5) is 20.7. The van der Waals surface area contributed by atoms with Gasteiger partial charge in [0.05, 0.1) is 50.6 Å². The lowest BCUT2D eigenvalue weighted by Crippen LogP contribution is -2.52. The molecule has 2 saturated heterocycles. The molecule has 0 aliphatic carbocycles. The van der Waals surface area contributed by atoms with Crippen molar-refractivity contribution in [1.29, 1.82) is 0 Å². The van der Waals surface area contributed by atoms with Gasteiger partial charge in [-0.1, -0.05) is 0 Å². The second kappa shape index (κ2) is 8.55. The van der Waals surface area contributed by atoms with E-state index in [1.807, 2.05) is 0 Å². The lowest BCUT2D eigenvalue weighted by Gasteiger charge is -2.40. The van der Waals surface area contributed by atoms with Gasteiger partial charge in [0, 0.05) is 24.8 Å². The summed E-state index contributed by atoms with van der Waals surface area (Å²) in [6, 6.07) is 5.97. The highest BCUT2D eigenvalue weighted by Gasteiger charge is 2.29. The minimum atomic E-state index is -2.51. The number of nitrogens with zero attached hydrogens (tertiary/aromatic N) is 7. The standard InChI is InChI=1S/C23H26F2N8O/c1-14-27-19-3-2-18(29-22(19)32(14)11-21(24)25)17-6-9-33-20(17)10-26-23(30-33)28-15-4-7-31(8-5-15)16-12-34-13-16/h2-3,6,9-10,15-16,21H,4-5,7-8,11-13H2,1H3,(H,28,30)/i9D. The maximum Gasteiger partial charge on any atom is 0.256 e. The molecule has 2 aliphatic rings. The number of hydrogen-bond acceptors (Lipinski definition) is 6. The predicted molar refractivity (Wildman–Crippen MR) is 122 cm³/mol. The molecule has 0 spiro atoms. The molecule has 0 atom stereocenters. The van der Waals surface area contributed by atoms with Crippen molar-refractivity contribution in [2.45, 2.75) is 44.8 Å². The van der Waals surface area contributed by atoms with Gasteiger partial charge in [-0.3, -0.25) is 14.5 Å². The molecule has 0 saturated carbocycles. The van der Waals surface area contributed by atoms with Crippen molar-refractivity contribution >= 4 is 16.7 Å². The molecule has 178 valence electrons. The largest absolute Gasteiger partial charge is 0.378 e. The van der Waals surface area contributed by atoms with Gasteiger partial charge in [-0.25, -0.2) is 28.7 Å². The van der Waals surface area contributed by atoms with Crippen LogP contribution in [-0.2, 0) is 11.3 Å². The number of rotatable bonds is 5. The third kappa shape index (κ3) is 3.88. The highest BCUT2D eigenvalue weighted by molar-refractivity contribution is 5.82. The Kier molecular flexibility index (Phi) is 5.08. The summed E-state index contributed by atoms with van der Waals surface area (Å²) in [5.74, 6) is 0.487. The topological polar surface area (TPSA) is 88.6 Å². The third-order valence-corrected chi connectivity index (χ3v) is 6.70. The van der Waals surface area contributed by atoms with E-state index in [1.165, 1.54) is 4.57 Å². The Hall–Kier alpha value is -3.18. The summed E-state index contributed by atoms with van der Waals surface area (Å²) in [5, 5.41) is 3.14. The van der Waals surface area contributed by atoms with Crippen molar-refractivity contribution in [3.05, 3.63) is 42.0 Å². The molecule has 4 aromatic rings. The molecule has 0 amide bonds. The van der Waals surface area contributed by atoms with Crippen molar-refractivity contribution in [2.24, 2.45) is 4.99 Å². The van der Waals surface area contributed by atoms with Gasteiger partial charge in [0.25, 0.3) is 6.43 Å². The number of hydrogen-bond donors (Lipinski definition) is 1. The van der Waals surface area contributed by atoms with Crippen molar-refractivity contribution in [3.63, 3.8) is 0 Å². The van der Waals surface area contributed by atoms with Gasteiger partial charge in [-0.15, -0.1) is 0 Å². The van der Waals surface area contributed by atoms with Crippen LogP contribution in [-0.4, -0.2) is 78.8 Å². The van der Waals surface area contributed by atoms with Gasteiger partial charge in [0.1, 0.15) is 11.3 Å². The minimum absolute atomic E-state index is 0.181. The smallest absolute Gasteiger partial charge is 0.256 e. The number of aromatic nitrogens is 6. The minimum Gasteiger partial charge on any atom is -0.378 e. The second-order valence-electron chi connectivity index (χ2n) is 8.89. The maximum absolute atomic E-state index is 13.1. The van der Waals surface area contributed by atoms with E-state index in [0.29, 0.717) is 45.4 Å². The summed E-state index contributed by atoms with van der Waals surface area (Å²) < 4.78 is 43.0. The van der Waals surface area contributed by atoms with E-state index in [-0.39, 0.29) is 12.2 Å². The van der Waals surface area contributed by atoms with E-state index in [9.17, 15) is 8.78 Å². The number of fused-ring (bicyclic) bond motifs is 2. The molecule has 0 aromatic carbocycles. The molecule has 9 nitrogen and oxygen atoms in total. The SMILES string of the molecule is [2H]c1cc(-c2ccc3nc(C)n(CC(F)F)c3n2)c2cnc(=NC3CCN(C4COC4)CC3)[nH]n12. The van der Waals surface area contributed by atoms with E-state index in [1.54, 1.807) is 35.8 Å². The molecule has 2 aliphatic heterocycles. The first-order valence-corrected chi connectivity index (χ1v) is 11.5. The first-order chi connectivity index (χ1) is 17.0. The monoisotopic (exact) mass is 469 g/mol. The number of aromatic amines is 1. The number of likely N-dealkylation sites (tertiary alicyclic amines) is 1. The van der Waals surface area contributed by atoms with Crippen molar-refractivity contribution in [1.82, 2.24) is 34.0 Å². The summed E-state index contributed by atoms with van der Waals surface area (Å²) in [6.07, 6.45) is 1.33. The van der Waals surface area contributed by atoms with E-state index in [2.05, 4.69) is 25.0 Å². The Labute approximate surface area is 195 Å². The van der Waals surface area contributed by atoms with Gasteiger partial charge in [-0.2, -0.15) is 0 Å². The van der Waals surface area contributed by atoms with E-state index < -0.39 is 13.0 Å². The zero-order chi connectivity index (χ0) is 24.1. The number of nitrogens with one attached hydrogen (secondary N) is 1. The second-order valence-corrected chi connectivity index (χ2v) is 8.89. The van der Waals surface area contributed by atoms with Crippen LogP contribution in [0.3, 0.4) is 0 Å². The molecule has 6 heterocycles. The number of halogens is 2. The molecule has 0 radical (unpaired) electrons. The molecule has 6 rings (SSSR count). The Morgan fingerprint density at radius 1 is 1.24 bits per heavy atom. The average Bonchev–Trinajstić information content (AvgIpc) is 3.29. The van der Waals surface area contributed by atoms with Gasteiger partial charge in [-0.05, 0) is 38.0 Å². The number of piperidine rings is 1. The van der Waals surface area contributed by atoms with Gasteiger partial charge < -0.3 is 9.30 Å². The summed E-state index contributed by atoms with van der Waals surface area (Å²) in [5.41, 5.74) is 3.35. The zero-order valence-corrected chi connectivity index (χ0v) is 18.8. The van der Waals surface area contributed by atoms with Crippen LogP contribution in [0.5, 0.6) is 0 Å². The van der Waals surface area contributed by atoms with E-state index >= 15 is 0 Å². The van der Waals surface area contributed by atoms with Crippen LogP contribution < -0.4 is 5.62 Å². The molecule has 1 N–H and O–H groups in total. The predicted octanol–water partition coefficient (Wildman–Crippen LogP) is 2.41. The van der Waals surface area contributed by atoms with Crippen LogP contribution in [0.1, 0.15) is 20.0 Å². The number of pyridine rings is 1. The number of imidazole rings is 1. The van der Waals surface area contributed by atoms with Gasteiger partial charge in [0.2, 0.25) is 5.62 Å². The fourth-order valence-corrected chi connectivity index (χ4v) is 4.74. The Morgan fingerprint density at radius 2 is 2.06 bits per heavy atom. The van der Waals surface area contributed by atoms with Crippen LogP contribution in [0.4, 0.5) is 8.78 Å². The van der Waals surface area contributed by atoms with Crippen molar-refractivity contribution < 1.29 is 14.9 Å². The van der Waals surface area contributed by atoms with Crippen LogP contribution in [0, 0.1) is 6.92 Å². The number of alkyl halides is 2. The number of H-pyrrole nitrogens is 1. The maximum atomic E-state index is 13.1. The number of aryl methyl sites for hydroxylation is 1. The highest BCUT2D eigenvalue weighted by atomic mass is 19.3. The van der Waals surface area contributed by atoms with Gasteiger partial charge >= 0.3 is 0 Å². The first kappa shape index (κ1) is 20.2. The molecule has 0 bridgehead atoms. The number of ether oxygens (including phenoxy) is 1. The zero-order valence-electron chi connectivity index (χ0n) is 19.8. The van der Waals surface area contributed by atoms with E-state index in [0.717, 1.165) is 39.1 Å². The van der Waals surface area contributed by atoms with Crippen molar-refractivity contribution in [2.75, 3.05) is 26.3 Å². The van der Waals surface area contributed by atoms with Crippen LogP contribution in [0.2, 0.25) is 0 Å². The van der Waals surface area contributed by atoms with Gasteiger partial charge in [0.15, 0.2) is 5.65 Å². The molecular formula is C23H26F2N8O. The molecule has 34 heavy (non-hydrogen) atoms. The lowest BCUT2D eigenvalue weighted by atomic mass is 10.0. The Balaban J connectivity index is 1.30. The normalized spacial score (nSPS) is 19.4. The van der Waals surface area contributed by atoms with E-state index in [4.69, 9.17) is 11.1 Å². The molecule has 11 heteroatoms. The Bertz CT molecular complexity index is 1450. The summed E-state index contributed by atoms with van der Waals surface area (Å²) in [7, 11) is 0. The summed E-state index contributed by atoms with van der Waals surface area (Å²) >= 11 is 0. The summed E-state index contributed by atoms with van der Waals surface area (Å²) in [6.45, 7) is 4.87. The quantitative estimate of drug-likeness (QED) is 0.485. The molecular weight excluding hydrogens is 442 g/mol. The highest BCUT2D eigenvalue weighted by Crippen LogP contribution is 2.26. The fraction of sp³-hybridized carbons (Fsp3) is 0.478. The molecule has 4 aromatic heterocycles. The molecule has 0 unspecified atom stereocenters. The Morgan fingerprint density at radius 3 is 2.79 bits per heavy atom. The van der Waals surface area contributed by atoms with Crippen molar-refractivity contribution in [3.8, 4) is 11.3 Å². The fourth-order valence-electron chi connectivity index (χ4n) is 4.74. The van der Waals surface area contributed by atoms with Crippen LogP contribution in [0.15, 0.2) is 35.6 Å². The molecule has 2 fully saturated rings. The van der Waals surface area contributed by atoms with Crippen LogP contribution in [0.25, 0.3) is 27.9 Å². The van der Waals surface area contributed by atoms with Crippen LogP contribution >= 0.6 is 0 Å². The third-order valence-electron chi connectivity index (χ3n) is 6.70. The average molecular weight is 470 g/mol. The lowest BCUT2D eigenvalue weighted by molar-refractivity contribution is -0.0710. The first-order valence-electron chi connectivity index (χ1n) is 12.0.